The first kappa shape index (κ1) is 17.1. The number of nitrogens with zero attached hydrogens (tertiary/aromatic N) is 7. The summed E-state index contributed by atoms with van der Waals surface area (Å²) < 4.78 is 9.07. The summed E-state index contributed by atoms with van der Waals surface area (Å²) in [6.45, 7) is 4.15. The van der Waals surface area contributed by atoms with Crippen LogP contribution in [0.4, 0.5) is 0 Å². The fourth-order valence-electron chi connectivity index (χ4n) is 3.17. The summed E-state index contributed by atoms with van der Waals surface area (Å²) in [6, 6.07) is 5.84. The number of tetrazole rings is 1. The van der Waals surface area contributed by atoms with Gasteiger partial charge in [-0.15, -0.1) is 5.10 Å². The van der Waals surface area contributed by atoms with E-state index in [2.05, 4.69) is 15.5 Å². The molecule has 0 amide bonds. The van der Waals surface area contributed by atoms with Crippen molar-refractivity contribution in [2.45, 2.75) is 38.6 Å². The second-order valence-corrected chi connectivity index (χ2v) is 6.80. The highest BCUT2D eigenvalue weighted by atomic mass is 35.5. The van der Waals surface area contributed by atoms with Gasteiger partial charge in [0.25, 0.3) is 0 Å². The lowest BCUT2D eigenvalue weighted by atomic mass is 10.00. The Morgan fingerprint density at radius 2 is 2.12 bits per heavy atom. The topological polar surface area (TPSA) is 83.5 Å². The SMILES string of the molecule is Cc1c(Cl)cccc1-n1nc(C2CCOCC2)nc1CCn1cnnn1. The molecule has 4 rings (SSSR count). The molecule has 2 aromatic heterocycles. The Hall–Kier alpha value is -2.32. The van der Waals surface area contributed by atoms with Gasteiger partial charge in [-0.3, -0.25) is 0 Å². The van der Waals surface area contributed by atoms with Gasteiger partial charge >= 0.3 is 0 Å². The largest absolute Gasteiger partial charge is 0.381 e. The van der Waals surface area contributed by atoms with Gasteiger partial charge in [-0.05, 0) is 47.9 Å². The minimum absolute atomic E-state index is 0.330. The Bertz CT molecular complexity index is 871. The lowest BCUT2D eigenvalue weighted by Gasteiger charge is -2.18. The predicted molar refractivity (Wildman–Crippen MR) is 95.4 cm³/mol. The maximum atomic E-state index is 6.32. The number of aryl methyl sites for hydroxylation is 2. The summed E-state index contributed by atoms with van der Waals surface area (Å²) in [6.07, 6.45) is 4.17. The Kier molecular flexibility index (Phi) is 4.94. The average Bonchev–Trinajstić information content (AvgIpc) is 3.33. The molecular formula is C17H20ClN7O. The molecular weight excluding hydrogens is 354 g/mol. The standard InChI is InChI=1S/C17H20ClN7O/c1-12-14(18)3-2-4-15(12)25-16(5-8-24-11-19-22-23-24)20-17(21-25)13-6-9-26-10-7-13/h2-4,11,13H,5-10H2,1H3. The van der Waals surface area contributed by atoms with Crippen molar-refractivity contribution in [1.29, 1.82) is 0 Å². The first-order valence-corrected chi connectivity index (χ1v) is 9.10. The number of aromatic nitrogens is 7. The minimum Gasteiger partial charge on any atom is -0.381 e. The quantitative estimate of drug-likeness (QED) is 0.682. The van der Waals surface area contributed by atoms with Crippen LogP contribution in [0.25, 0.3) is 5.69 Å². The fourth-order valence-corrected chi connectivity index (χ4v) is 3.34. The number of hydrogen-bond donors (Lipinski definition) is 0. The van der Waals surface area contributed by atoms with Gasteiger partial charge in [0.2, 0.25) is 0 Å². The van der Waals surface area contributed by atoms with Crippen LogP contribution in [-0.2, 0) is 17.7 Å². The van der Waals surface area contributed by atoms with Crippen LogP contribution in [0.3, 0.4) is 0 Å². The van der Waals surface area contributed by atoms with Crippen molar-refractivity contribution < 1.29 is 4.74 Å². The number of rotatable bonds is 5. The molecule has 0 radical (unpaired) electrons. The third kappa shape index (κ3) is 3.47. The third-order valence-corrected chi connectivity index (χ3v) is 5.11. The van der Waals surface area contributed by atoms with Crippen LogP contribution in [-0.4, -0.2) is 48.2 Å². The van der Waals surface area contributed by atoms with Crippen molar-refractivity contribution in [3.05, 3.63) is 46.8 Å². The highest BCUT2D eigenvalue weighted by molar-refractivity contribution is 6.31. The van der Waals surface area contributed by atoms with E-state index in [9.17, 15) is 0 Å². The van der Waals surface area contributed by atoms with Gasteiger partial charge in [0, 0.05) is 30.6 Å². The molecule has 0 N–H and O–H groups in total. The molecule has 0 unspecified atom stereocenters. The second kappa shape index (κ2) is 7.51. The van der Waals surface area contributed by atoms with Crippen molar-refractivity contribution >= 4 is 11.6 Å². The van der Waals surface area contributed by atoms with E-state index in [1.807, 2.05) is 29.8 Å². The second-order valence-electron chi connectivity index (χ2n) is 6.39. The molecule has 0 atom stereocenters. The van der Waals surface area contributed by atoms with Gasteiger partial charge in [0.1, 0.15) is 12.2 Å². The monoisotopic (exact) mass is 373 g/mol. The van der Waals surface area contributed by atoms with Gasteiger partial charge in [0.05, 0.1) is 12.2 Å². The molecule has 1 saturated heterocycles. The molecule has 1 aliphatic heterocycles. The van der Waals surface area contributed by atoms with E-state index in [0.717, 1.165) is 54.0 Å². The van der Waals surface area contributed by atoms with Crippen LogP contribution in [0.15, 0.2) is 24.5 Å². The zero-order valence-electron chi connectivity index (χ0n) is 14.5. The molecule has 1 aliphatic rings. The van der Waals surface area contributed by atoms with E-state index in [-0.39, 0.29) is 0 Å². The lowest BCUT2D eigenvalue weighted by molar-refractivity contribution is 0.0836. The number of ether oxygens (including phenoxy) is 1. The smallest absolute Gasteiger partial charge is 0.154 e. The van der Waals surface area contributed by atoms with E-state index in [1.54, 1.807) is 11.0 Å². The van der Waals surface area contributed by atoms with Crippen molar-refractivity contribution in [2.24, 2.45) is 0 Å². The summed E-state index contributed by atoms with van der Waals surface area (Å²) >= 11 is 6.32. The van der Waals surface area contributed by atoms with Crippen LogP contribution in [0.5, 0.6) is 0 Å². The molecule has 26 heavy (non-hydrogen) atoms. The van der Waals surface area contributed by atoms with Gasteiger partial charge in [-0.25, -0.2) is 14.3 Å². The highest BCUT2D eigenvalue weighted by Crippen LogP contribution is 2.27. The maximum Gasteiger partial charge on any atom is 0.154 e. The Balaban J connectivity index is 1.69. The Morgan fingerprint density at radius 1 is 1.27 bits per heavy atom. The summed E-state index contributed by atoms with van der Waals surface area (Å²) in [5.74, 6) is 2.09. The average molecular weight is 374 g/mol. The van der Waals surface area contributed by atoms with Crippen LogP contribution >= 0.6 is 11.6 Å². The number of benzene rings is 1. The molecule has 9 heteroatoms. The molecule has 1 aromatic carbocycles. The molecule has 0 spiro atoms. The van der Waals surface area contributed by atoms with Gasteiger partial charge in [0.15, 0.2) is 5.82 Å². The third-order valence-electron chi connectivity index (χ3n) is 4.70. The normalized spacial score (nSPS) is 15.5. The van der Waals surface area contributed by atoms with Crippen molar-refractivity contribution in [2.75, 3.05) is 13.2 Å². The minimum atomic E-state index is 0.330. The molecule has 3 heterocycles. The van der Waals surface area contributed by atoms with Crippen LogP contribution < -0.4 is 0 Å². The van der Waals surface area contributed by atoms with Gasteiger partial charge in [-0.1, -0.05) is 17.7 Å². The molecule has 0 bridgehead atoms. The molecule has 3 aromatic rings. The zero-order valence-corrected chi connectivity index (χ0v) is 15.3. The van der Waals surface area contributed by atoms with Gasteiger partial charge < -0.3 is 4.74 Å². The summed E-state index contributed by atoms with van der Waals surface area (Å²) in [4.78, 5) is 4.85. The van der Waals surface area contributed by atoms with Crippen molar-refractivity contribution in [1.82, 2.24) is 35.0 Å². The molecule has 0 saturated carbocycles. The zero-order chi connectivity index (χ0) is 17.9. The number of hydrogen-bond acceptors (Lipinski definition) is 6. The summed E-state index contributed by atoms with van der Waals surface area (Å²) in [5, 5.41) is 16.8. The first-order valence-electron chi connectivity index (χ1n) is 8.72. The van der Waals surface area contributed by atoms with E-state index in [0.29, 0.717) is 18.9 Å². The van der Waals surface area contributed by atoms with Crippen molar-refractivity contribution in [3.8, 4) is 5.69 Å². The van der Waals surface area contributed by atoms with Crippen LogP contribution in [0.1, 0.15) is 36.0 Å². The lowest BCUT2D eigenvalue weighted by Crippen LogP contribution is -2.15. The number of halogens is 1. The molecule has 136 valence electrons. The first-order chi connectivity index (χ1) is 12.7. The van der Waals surface area contributed by atoms with E-state index in [4.69, 9.17) is 26.4 Å². The van der Waals surface area contributed by atoms with E-state index >= 15 is 0 Å². The molecule has 0 aliphatic carbocycles. The van der Waals surface area contributed by atoms with Gasteiger partial charge in [-0.2, -0.15) is 5.10 Å². The predicted octanol–water partition coefficient (Wildman–Crippen LogP) is 2.35. The Morgan fingerprint density at radius 3 is 2.88 bits per heavy atom. The van der Waals surface area contributed by atoms with E-state index in [1.165, 1.54) is 0 Å². The summed E-state index contributed by atoms with van der Waals surface area (Å²) in [7, 11) is 0. The fraction of sp³-hybridized carbons (Fsp3) is 0.471. The van der Waals surface area contributed by atoms with E-state index < -0.39 is 0 Å². The highest BCUT2D eigenvalue weighted by Gasteiger charge is 2.23. The summed E-state index contributed by atoms with van der Waals surface area (Å²) in [5.41, 5.74) is 1.94. The maximum absolute atomic E-state index is 6.32. The van der Waals surface area contributed by atoms with Crippen molar-refractivity contribution in [3.63, 3.8) is 0 Å². The molecule has 8 nitrogen and oxygen atoms in total. The van der Waals surface area contributed by atoms with Crippen LogP contribution in [0, 0.1) is 6.92 Å². The Labute approximate surface area is 156 Å². The molecule has 1 fully saturated rings. The van der Waals surface area contributed by atoms with Crippen LogP contribution in [0.2, 0.25) is 5.02 Å².